The summed E-state index contributed by atoms with van der Waals surface area (Å²) >= 11 is 6.73. The topological polar surface area (TPSA) is 53.1 Å². The number of rotatable bonds is 6. The van der Waals surface area contributed by atoms with E-state index in [0.29, 0.717) is 37.0 Å². The Hall–Kier alpha value is -0.860. The summed E-state index contributed by atoms with van der Waals surface area (Å²) in [5.41, 5.74) is 0. The number of hydrogen-bond donors (Lipinski definition) is 0. The van der Waals surface area contributed by atoms with Crippen molar-refractivity contribution >= 4 is 40.2 Å². The average molecular weight is 345 g/mol. The zero-order chi connectivity index (χ0) is 16.1. The first-order valence-electron chi connectivity index (χ1n) is 7.79. The Balaban J connectivity index is 2.00. The van der Waals surface area contributed by atoms with Crippen LogP contribution in [-0.2, 0) is 9.63 Å². The summed E-state index contributed by atoms with van der Waals surface area (Å²) in [4.78, 5) is 33.9. The number of hydroxylamine groups is 2. The van der Waals surface area contributed by atoms with Gasteiger partial charge in [0.1, 0.15) is 10.4 Å². The molecule has 0 aromatic heterocycles. The van der Waals surface area contributed by atoms with Crippen molar-refractivity contribution in [3.05, 3.63) is 0 Å². The molecule has 2 aliphatic rings. The van der Waals surface area contributed by atoms with Gasteiger partial charge in [0.15, 0.2) is 0 Å². The first-order chi connectivity index (χ1) is 10.6. The fourth-order valence-electron chi connectivity index (χ4n) is 2.59. The van der Waals surface area contributed by atoms with E-state index in [4.69, 9.17) is 17.1 Å². The van der Waals surface area contributed by atoms with Crippen LogP contribution in [0.25, 0.3) is 0 Å². The minimum atomic E-state index is -0.430. The Morgan fingerprint density at radius 3 is 2.77 bits per heavy atom. The quantitative estimate of drug-likeness (QED) is 0.545. The standard InChI is InChI=1S/C14H23N3O3S2/c1-3-5-9-20-17-7-6-11(15(4-2)13(17)19)12(18)16-8-10-22-14(16)21/h11H,3-10H2,1-2H3/t11-/m0/s1. The van der Waals surface area contributed by atoms with Crippen molar-refractivity contribution < 1.29 is 14.4 Å². The molecule has 0 aromatic rings. The van der Waals surface area contributed by atoms with Gasteiger partial charge < -0.3 is 4.90 Å². The highest BCUT2D eigenvalue weighted by atomic mass is 32.2. The van der Waals surface area contributed by atoms with Crippen LogP contribution >= 0.6 is 24.0 Å². The van der Waals surface area contributed by atoms with Crippen LogP contribution in [0.5, 0.6) is 0 Å². The van der Waals surface area contributed by atoms with Crippen molar-refractivity contribution in [2.75, 3.05) is 32.0 Å². The summed E-state index contributed by atoms with van der Waals surface area (Å²) in [5.74, 6) is 0.780. The highest BCUT2D eigenvalue weighted by Gasteiger charge is 2.40. The summed E-state index contributed by atoms with van der Waals surface area (Å²) in [5, 5.41) is 1.39. The number of carbonyl (C=O) groups excluding carboxylic acids is 2. The first kappa shape index (κ1) is 17.5. The van der Waals surface area contributed by atoms with E-state index in [2.05, 4.69) is 6.92 Å². The lowest BCUT2D eigenvalue weighted by Crippen LogP contribution is -2.59. The van der Waals surface area contributed by atoms with Crippen LogP contribution < -0.4 is 0 Å². The van der Waals surface area contributed by atoms with E-state index in [-0.39, 0.29) is 11.9 Å². The molecule has 0 aliphatic carbocycles. The van der Waals surface area contributed by atoms with Crippen LogP contribution in [0.3, 0.4) is 0 Å². The first-order valence-corrected chi connectivity index (χ1v) is 9.18. The van der Waals surface area contributed by atoms with Gasteiger partial charge in [0, 0.05) is 18.8 Å². The van der Waals surface area contributed by atoms with Gasteiger partial charge >= 0.3 is 6.03 Å². The third kappa shape index (κ3) is 3.72. The molecular weight excluding hydrogens is 322 g/mol. The fraction of sp³-hybridized carbons (Fsp3) is 0.786. The monoisotopic (exact) mass is 345 g/mol. The molecule has 22 heavy (non-hydrogen) atoms. The molecule has 1 atom stereocenters. The SMILES string of the molecule is CCCCON1CC[C@@H](C(=O)N2CCSC2=S)N(CC)C1=O. The van der Waals surface area contributed by atoms with E-state index < -0.39 is 6.04 Å². The van der Waals surface area contributed by atoms with E-state index >= 15 is 0 Å². The molecule has 3 amide bonds. The van der Waals surface area contributed by atoms with Crippen LogP contribution in [0, 0.1) is 0 Å². The van der Waals surface area contributed by atoms with Crippen molar-refractivity contribution in [1.82, 2.24) is 14.9 Å². The highest BCUT2D eigenvalue weighted by Crippen LogP contribution is 2.24. The lowest BCUT2D eigenvalue weighted by molar-refractivity contribution is -0.153. The van der Waals surface area contributed by atoms with Gasteiger partial charge in [-0.1, -0.05) is 37.3 Å². The van der Waals surface area contributed by atoms with Crippen LogP contribution in [0.15, 0.2) is 0 Å². The average Bonchev–Trinajstić information content (AvgIpc) is 2.94. The summed E-state index contributed by atoms with van der Waals surface area (Å²) in [6.07, 6.45) is 2.51. The number of unbranched alkanes of at least 4 members (excludes halogenated alkanes) is 1. The maximum absolute atomic E-state index is 12.7. The van der Waals surface area contributed by atoms with Crippen LogP contribution in [-0.4, -0.2) is 69.2 Å². The summed E-state index contributed by atoms with van der Waals surface area (Å²) in [6, 6.07) is -0.652. The summed E-state index contributed by atoms with van der Waals surface area (Å²) < 4.78 is 0.620. The molecule has 0 radical (unpaired) electrons. The minimum Gasteiger partial charge on any atom is -0.311 e. The second-order valence-electron chi connectivity index (χ2n) is 5.27. The number of likely N-dealkylation sites (N-methyl/N-ethyl adjacent to an activating group) is 1. The fourth-order valence-corrected chi connectivity index (χ4v) is 3.81. The maximum Gasteiger partial charge on any atom is 0.344 e. The molecule has 8 heteroatoms. The highest BCUT2D eigenvalue weighted by molar-refractivity contribution is 8.23. The maximum atomic E-state index is 12.7. The van der Waals surface area contributed by atoms with Crippen LogP contribution in [0.2, 0.25) is 0 Å². The molecule has 0 unspecified atom stereocenters. The Morgan fingerprint density at radius 1 is 1.41 bits per heavy atom. The Kier molecular flexibility index (Phi) is 6.46. The van der Waals surface area contributed by atoms with E-state index in [1.54, 1.807) is 9.80 Å². The number of thiocarbonyl (C=S) groups is 1. The molecule has 0 N–H and O–H groups in total. The van der Waals surface area contributed by atoms with Crippen molar-refractivity contribution in [3.8, 4) is 0 Å². The van der Waals surface area contributed by atoms with E-state index in [9.17, 15) is 9.59 Å². The van der Waals surface area contributed by atoms with E-state index in [1.807, 2.05) is 6.92 Å². The largest absolute Gasteiger partial charge is 0.344 e. The van der Waals surface area contributed by atoms with Crippen molar-refractivity contribution in [2.45, 2.75) is 39.2 Å². The molecule has 2 rings (SSSR count). The van der Waals surface area contributed by atoms with Crippen molar-refractivity contribution in [2.24, 2.45) is 0 Å². The zero-order valence-electron chi connectivity index (χ0n) is 13.1. The lowest BCUT2D eigenvalue weighted by Gasteiger charge is -2.40. The minimum absolute atomic E-state index is 0.0570. The molecule has 2 fully saturated rings. The van der Waals surface area contributed by atoms with Gasteiger partial charge in [-0.2, -0.15) is 0 Å². The zero-order valence-corrected chi connectivity index (χ0v) is 14.8. The smallest absolute Gasteiger partial charge is 0.311 e. The lowest BCUT2D eigenvalue weighted by atomic mass is 10.1. The molecule has 0 saturated carbocycles. The molecule has 0 aromatic carbocycles. The Morgan fingerprint density at radius 2 is 2.18 bits per heavy atom. The van der Waals surface area contributed by atoms with E-state index in [0.717, 1.165) is 18.6 Å². The van der Waals surface area contributed by atoms with Gasteiger partial charge in [0.2, 0.25) is 0 Å². The molecule has 2 heterocycles. The van der Waals surface area contributed by atoms with Gasteiger partial charge in [-0.05, 0) is 19.8 Å². The van der Waals surface area contributed by atoms with Crippen LogP contribution in [0.1, 0.15) is 33.1 Å². The second kappa shape index (κ2) is 8.12. The Labute approximate surface area is 141 Å². The van der Waals surface area contributed by atoms with E-state index in [1.165, 1.54) is 16.8 Å². The number of thioether (sulfide) groups is 1. The normalized spacial score (nSPS) is 22.6. The molecule has 124 valence electrons. The molecule has 0 spiro atoms. The summed E-state index contributed by atoms with van der Waals surface area (Å²) in [7, 11) is 0. The van der Waals surface area contributed by atoms with Gasteiger partial charge in [-0.3, -0.25) is 14.5 Å². The van der Waals surface area contributed by atoms with Gasteiger partial charge in [0.25, 0.3) is 5.91 Å². The molecule has 2 aliphatic heterocycles. The van der Waals surface area contributed by atoms with Crippen LogP contribution in [0.4, 0.5) is 4.79 Å². The molecule has 2 saturated heterocycles. The predicted molar refractivity (Wildman–Crippen MR) is 90.5 cm³/mol. The molecular formula is C14H23N3O3S2. The predicted octanol–water partition coefficient (Wildman–Crippen LogP) is 2.09. The van der Waals surface area contributed by atoms with Crippen molar-refractivity contribution in [1.29, 1.82) is 0 Å². The number of hydrogen-bond acceptors (Lipinski definition) is 5. The number of amides is 3. The van der Waals surface area contributed by atoms with Gasteiger partial charge in [0.05, 0.1) is 13.2 Å². The van der Waals surface area contributed by atoms with Gasteiger partial charge in [-0.15, -0.1) is 0 Å². The molecule has 0 bridgehead atoms. The summed E-state index contributed by atoms with van der Waals surface area (Å²) in [6.45, 7) is 6.06. The third-order valence-electron chi connectivity index (χ3n) is 3.84. The molecule has 6 nitrogen and oxygen atoms in total. The number of carbonyl (C=O) groups is 2. The van der Waals surface area contributed by atoms with Gasteiger partial charge in [-0.25, -0.2) is 9.86 Å². The second-order valence-corrected chi connectivity index (χ2v) is 6.99. The number of urea groups is 1. The Bertz CT molecular complexity index is 447. The number of nitrogens with zero attached hydrogens (tertiary/aromatic N) is 3. The third-order valence-corrected chi connectivity index (χ3v) is 5.27. The van der Waals surface area contributed by atoms with Crippen molar-refractivity contribution in [3.63, 3.8) is 0 Å².